The van der Waals surface area contributed by atoms with Crippen LogP contribution in [0.15, 0.2) is 0 Å². The fraction of sp³-hybridized carbons (Fsp3) is 0.500. The molecule has 0 bridgehead atoms. The van der Waals surface area contributed by atoms with E-state index in [1.807, 2.05) is 13.8 Å². The van der Waals surface area contributed by atoms with Crippen molar-refractivity contribution in [2.45, 2.75) is 33.1 Å². The Hall–Kier alpha value is -1.36. The van der Waals surface area contributed by atoms with Gasteiger partial charge in [0.05, 0.1) is 4.88 Å². The highest BCUT2D eigenvalue weighted by Crippen LogP contribution is 2.37. The van der Waals surface area contributed by atoms with Gasteiger partial charge in [0, 0.05) is 13.0 Å². The Morgan fingerprint density at radius 2 is 2.18 bits per heavy atom. The van der Waals surface area contributed by atoms with Crippen LogP contribution in [0, 0.1) is 6.92 Å². The molecule has 1 heterocycles. The van der Waals surface area contributed by atoms with Crippen LogP contribution in [0.4, 0.5) is 9.80 Å². The highest BCUT2D eigenvalue weighted by Gasteiger charge is 2.24. The summed E-state index contributed by atoms with van der Waals surface area (Å²) in [6.45, 7) is 4.43. The van der Waals surface area contributed by atoms with Gasteiger partial charge in [0.2, 0.25) is 0 Å². The molecular formula is C12H16N2O2S. The first-order valence-electron chi connectivity index (χ1n) is 5.83. The van der Waals surface area contributed by atoms with Gasteiger partial charge in [-0.05, 0) is 37.8 Å². The molecule has 0 atom stereocenters. The van der Waals surface area contributed by atoms with Crippen molar-refractivity contribution in [3.8, 4) is 0 Å². The molecule has 0 saturated carbocycles. The van der Waals surface area contributed by atoms with Gasteiger partial charge < -0.3 is 5.32 Å². The maximum absolute atomic E-state index is 11.7. The zero-order chi connectivity index (χ0) is 12.4. The summed E-state index contributed by atoms with van der Waals surface area (Å²) in [5.41, 5.74) is 2.17. The van der Waals surface area contributed by atoms with Crippen LogP contribution < -0.4 is 10.6 Å². The second kappa shape index (κ2) is 4.87. The minimum Gasteiger partial charge on any atom is -0.338 e. The number of fused-ring (bicyclic) bond motifs is 1. The predicted molar refractivity (Wildman–Crippen MR) is 69.0 cm³/mol. The molecule has 1 aromatic heterocycles. The molecule has 1 aliphatic carbocycles. The van der Waals surface area contributed by atoms with Crippen molar-refractivity contribution in [2.24, 2.45) is 0 Å². The molecule has 0 radical (unpaired) electrons. The quantitative estimate of drug-likeness (QED) is 0.850. The first kappa shape index (κ1) is 12.1. The Balaban J connectivity index is 2.25. The average molecular weight is 252 g/mol. The van der Waals surface area contributed by atoms with Gasteiger partial charge in [0.25, 0.3) is 0 Å². The Morgan fingerprint density at radius 1 is 1.41 bits per heavy atom. The molecule has 2 rings (SSSR count). The summed E-state index contributed by atoms with van der Waals surface area (Å²) < 4.78 is 0. The third-order valence-electron chi connectivity index (χ3n) is 2.92. The van der Waals surface area contributed by atoms with Gasteiger partial charge in [-0.3, -0.25) is 10.1 Å². The van der Waals surface area contributed by atoms with Gasteiger partial charge in [0.1, 0.15) is 5.00 Å². The monoisotopic (exact) mass is 252 g/mol. The first-order chi connectivity index (χ1) is 8.13. The zero-order valence-electron chi connectivity index (χ0n) is 10.1. The first-order valence-corrected chi connectivity index (χ1v) is 6.65. The minimum atomic E-state index is -0.207. The van der Waals surface area contributed by atoms with E-state index in [-0.39, 0.29) is 11.8 Å². The van der Waals surface area contributed by atoms with Gasteiger partial charge in [0.15, 0.2) is 5.78 Å². The maximum atomic E-state index is 11.7. The number of nitrogens with one attached hydrogen (secondary N) is 2. The number of carbonyl (C=O) groups is 2. The van der Waals surface area contributed by atoms with Crippen LogP contribution >= 0.6 is 11.3 Å². The van der Waals surface area contributed by atoms with Crippen LogP contribution in [-0.2, 0) is 6.42 Å². The summed E-state index contributed by atoms with van der Waals surface area (Å²) in [5, 5.41) is 6.29. The average Bonchev–Trinajstić information content (AvgIpc) is 2.59. The molecule has 1 aliphatic rings. The molecule has 92 valence electrons. The summed E-state index contributed by atoms with van der Waals surface area (Å²) in [6, 6.07) is -0.207. The lowest BCUT2D eigenvalue weighted by Gasteiger charge is -2.09. The Morgan fingerprint density at radius 3 is 2.82 bits per heavy atom. The van der Waals surface area contributed by atoms with E-state index in [1.54, 1.807) is 0 Å². The highest BCUT2D eigenvalue weighted by molar-refractivity contribution is 7.18. The van der Waals surface area contributed by atoms with Crippen LogP contribution in [0.25, 0.3) is 0 Å². The number of urea groups is 1. The molecular weight excluding hydrogens is 236 g/mol. The number of hydrogen-bond donors (Lipinski definition) is 2. The van der Waals surface area contributed by atoms with Crippen molar-refractivity contribution in [3.05, 3.63) is 16.0 Å². The lowest BCUT2D eigenvalue weighted by atomic mass is 9.95. The Labute approximate surface area is 104 Å². The minimum absolute atomic E-state index is 0.207. The molecule has 1 aromatic rings. The number of thiophene rings is 1. The highest BCUT2D eigenvalue weighted by atomic mass is 32.1. The van der Waals surface area contributed by atoms with E-state index in [1.165, 1.54) is 11.3 Å². The molecule has 17 heavy (non-hydrogen) atoms. The smallest absolute Gasteiger partial charge is 0.319 e. The van der Waals surface area contributed by atoms with Gasteiger partial charge in [-0.1, -0.05) is 0 Å². The lowest BCUT2D eigenvalue weighted by molar-refractivity contribution is 0.0976. The molecule has 0 aliphatic heterocycles. The Kier molecular flexibility index (Phi) is 3.47. The molecule has 2 amide bonds. The fourth-order valence-corrected chi connectivity index (χ4v) is 3.26. The summed E-state index contributed by atoms with van der Waals surface area (Å²) in [6.07, 6.45) is 2.50. The van der Waals surface area contributed by atoms with Crippen molar-refractivity contribution < 1.29 is 9.59 Å². The number of Topliss-reactive ketones (excluding diaryl/α,β-unsaturated/α-hetero) is 1. The summed E-state index contributed by atoms with van der Waals surface area (Å²) >= 11 is 1.40. The van der Waals surface area contributed by atoms with Crippen LogP contribution in [0.2, 0.25) is 0 Å². The van der Waals surface area contributed by atoms with E-state index >= 15 is 0 Å². The molecule has 0 saturated heterocycles. The van der Waals surface area contributed by atoms with Crippen molar-refractivity contribution in [1.82, 2.24) is 5.32 Å². The number of ketones is 1. The standard InChI is InChI=1S/C12H16N2O2S/c1-3-13-12(16)14-11-7(2)8-5-4-6-9(15)10(8)17-11/h3-6H2,1-2H3,(H2,13,14,16). The molecule has 0 aromatic carbocycles. The Bertz CT molecular complexity index is 465. The van der Waals surface area contributed by atoms with E-state index in [2.05, 4.69) is 10.6 Å². The number of carbonyl (C=O) groups excluding carboxylic acids is 2. The second-order valence-electron chi connectivity index (χ2n) is 4.13. The third-order valence-corrected chi connectivity index (χ3v) is 4.21. The second-order valence-corrected chi connectivity index (χ2v) is 5.15. The van der Waals surface area contributed by atoms with Gasteiger partial charge in [-0.15, -0.1) is 11.3 Å². The van der Waals surface area contributed by atoms with E-state index < -0.39 is 0 Å². The van der Waals surface area contributed by atoms with Gasteiger partial charge in [-0.2, -0.15) is 0 Å². The van der Waals surface area contributed by atoms with Crippen molar-refractivity contribution in [3.63, 3.8) is 0 Å². The van der Waals surface area contributed by atoms with Crippen LogP contribution in [0.3, 0.4) is 0 Å². The lowest BCUT2D eigenvalue weighted by Crippen LogP contribution is -2.28. The van der Waals surface area contributed by atoms with Gasteiger partial charge >= 0.3 is 6.03 Å². The number of rotatable bonds is 2. The maximum Gasteiger partial charge on any atom is 0.319 e. The van der Waals surface area contributed by atoms with E-state index in [0.29, 0.717) is 13.0 Å². The molecule has 5 heteroatoms. The van der Waals surface area contributed by atoms with Crippen molar-refractivity contribution >= 4 is 28.2 Å². The van der Waals surface area contributed by atoms with E-state index in [9.17, 15) is 9.59 Å². The molecule has 0 spiro atoms. The van der Waals surface area contributed by atoms with E-state index in [0.717, 1.165) is 33.8 Å². The SMILES string of the molecule is CCNC(=O)Nc1sc2c(c1C)CCCC2=O. The van der Waals surface area contributed by atoms with Crippen molar-refractivity contribution in [1.29, 1.82) is 0 Å². The van der Waals surface area contributed by atoms with Crippen LogP contribution in [-0.4, -0.2) is 18.4 Å². The zero-order valence-corrected chi connectivity index (χ0v) is 10.9. The fourth-order valence-electron chi connectivity index (χ4n) is 2.04. The third kappa shape index (κ3) is 2.34. The number of hydrogen-bond acceptors (Lipinski definition) is 3. The van der Waals surface area contributed by atoms with Crippen LogP contribution in [0.1, 0.15) is 40.6 Å². The molecule has 0 fully saturated rings. The van der Waals surface area contributed by atoms with Gasteiger partial charge in [-0.25, -0.2) is 4.79 Å². The number of anilines is 1. The molecule has 0 unspecified atom stereocenters. The van der Waals surface area contributed by atoms with Crippen LogP contribution in [0.5, 0.6) is 0 Å². The number of amides is 2. The largest absolute Gasteiger partial charge is 0.338 e. The molecule has 2 N–H and O–H groups in total. The topological polar surface area (TPSA) is 58.2 Å². The predicted octanol–water partition coefficient (Wildman–Crippen LogP) is 2.72. The summed E-state index contributed by atoms with van der Waals surface area (Å²) in [5.74, 6) is 0.211. The summed E-state index contributed by atoms with van der Waals surface area (Å²) in [7, 11) is 0. The molecule has 4 nitrogen and oxygen atoms in total. The van der Waals surface area contributed by atoms with Crippen molar-refractivity contribution in [2.75, 3.05) is 11.9 Å². The summed E-state index contributed by atoms with van der Waals surface area (Å²) in [4.78, 5) is 24.0. The normalized spacial score (nSPS) is 14.4. The van der Waals surface area contributed by atoms with E-state index in [4.69, 9.17) is 0 Å².